The summed E-state index contributed by atoms with van der Waals surface area (Å²) in [5, 5.41) is 9.34. The third kappa shape index (κ3) is 4.09. The Morgan fingerprint density at radius 2 is 1.59 bits per heavy atom. The molecule has 1 aromatic heterocycles. The molecule has 1 fully saturated rings. The average molecular weight is 378 g/mol. The van der Waals surface area contributed by atoms with Crippen LogP contribution in [-0.2, 0) is 4.74 Å². The van der Waals surface area contributed by atoms with Gasteiger partial charge in [0.25, 0.3) is 0 Å². The molecule has 1 amide bonds. The Labute approximate surface area is 161 Å². The zero-order valence-electron chi connectivity index (χ0n) is 14.6. The topological polar surface area (TPSA) is 68.2 Å². The number of carbonyl (C=O) groups is 1. The van der Waals surface area contributed by atoms with Gasteiger partial charge >= 0.3 is 6.09 Å². The van der Waals surface area contributed by atoms with Crippen LogP contribution in [-0.4, -0.2) is 51.6 Å². The van der Waals surface area contributed by atoms with Gasteiger partial charge in [-0.1, -0.05) is 72.4 Å². The third-order valence-corrected chi connectivity index (χ3v) is 5.02. The van der Waals surface area contributed by atoms with E-state index in [9.17, 15) is 4.79 Å². The average Bonchev–Trinajstić information content (AvgIpc) is 3.14. The highest BCUT2D eigenvalue weighted by molar-refractivity contribution is 7.99. The van der Waals surface area contributed by atoms with Crippen molar-refractivity contribution in [2.24, 2.45) is 0 Å². The van der Waals surface area contributed by atoms with Gasteiger partial charge in [0.1, 0.15) is 18.0 Å². The lowest BCUT2D eigenvalue weighted by atomic mass is 10.0. The molecule has 1 aliphatic heterocycles. The van der Waals surface area contributed by atoms with Crippen molar-refractivity contribution < 1.29 is 9.53 Å². The van der Waals surface area contributed by atoms with Gasteiger partial charge in [-0.25, -0.2) is 9.78 Å². The molecule has 1 saturated heterocycles. The summed E-state index contributed by atoms with van der Waals surface area (Å²) >= 11 is 1.49. The molecule has 0 aliphatic carbocycles. The van der Waals surface area contributed by atoms with Crippen molar-refractivity contribution >= 4 is 17.9 Å². The molecular formula is C20H18N4O2S. The van der Waals surface area contributed by atoms with Crippen molar-refractivity contribution in [3.63, 3.8) is 0 Å². The molecule has 27 heavy (non-hydrogen) atoms. The summed E-state index contributed by atoms with van der Waals surface area (Å²) in [5.41, 5.74) is 3.54. The molecule has 0 saturated carbocycles. The first-order valence-corrected chi connectivity index (χ1v) is 9.70. The SMILES string of the molecule is O=C1OCCN1CCSc1nnc(-c2ccccc2)c(-c2ccccc2)n1. The van der Waals surface area contributed by atoms with Crippen LogP contribution in [0.3, 0.4) is 0 Å². The van der Waals surface area contributed by atoms with Crippen LogP contribution < -0.4 is 0 Å². The summed E-state index contributed by atoms with van der Waals surface area (Å²) in [6.07, 6.45) is -0.251. The lowest BCUT2D eigenvalue weighted by Gasteiger charge is -2.12. The molecule has 0 atom stereocenters. The summed E-state index contributed by atoms with van der Waals surface area (Å²) in [6.45, 7) is 1.71. The number of aromatic nitrogens is 3. The normalized spacial score (nSPS) is 13.6. The lowest BCUT2D eigenvalue weighted by Crippen LogP contribution is -2.26. The summed E-state index contributed by atoms with van der Waals surface area (Å²) in [6, 6.07) is 19.9. The van der Waals surface area contributed by atoms with Gasteiger partial charge in [-0.3, -0.25) is 0 Å². The second-order valence-corrected chi connectivity index (χ2v) is 7.04. The highest BCUT2D eigenvalue weighted by Gasteiger charge is 2.21. The largest absolute Gasteiger partial charge is 0.448 e. The summed E-state index contributed by atoms with van der Waals surface area (Å²) in [7, 11) is 0. The standard InChI is InChI=1S/C20H18N4O2S/c25-20-24(11-13-26-20)12-14-27-19-21-17(15-7-3-1-4-8-15)18(22-23-19)16-9-5-2-6-10-16/h1-10H,11-14H2. The van der Waals surface area contributed by atoms with E-state index in [0.29, 0.717) is 30.6 Å². The van der Waals surface area contributed by atoms with Crippen LogP contribution in [0, 0.1) is 0 Å². The van der Waals surface area contributed by atoms with E-state index in [2.05, 4.69) is 10.2 Å². The van der Waals surface area contributed by atoms with Crippen molar-refractivity contribution in [1.82, 2.24) is 20.1 Å². The molecule has 2 aromatic carbocycles. The Balaban J connectivity index is 1.58. The first-order chi connectivity index (χ1) is 13.3. The number of ether oxygens (including phenoxy) is 1. The molecule has 1 aliphatic rings. The number of nitrogens with zero attached hydrogens (tertiary/aromatic N) is 4. The van der Waals surface area contributed by atoms with E-state index < -0.39 is 0 Å². The molecule has 0 radical (unpaired) electrons. The van der Waals surface area contributed by atoms with E-state index >= 15 is 0 Å². The Morgan fingerprint density at radius 1 is 0.926 bits per heavy atom. The molecule has 0 bridgehead atoms. The van der Waals surface area contributed by atoms with Crippen molar-refractivity contribution in [3.8, 4) is 22.5 Å². The maximum absolute atomic E-state index is 11.5. The van der Waals surface area contributed by atoms with Gasteiger partial charge in [-0.05, 0) is 0 Å². The quantitative estimate of drug-likeness (QED) is 0.609. The van der Waals surface area contributed by atoms with Crippen molar-refractivity contribution in [2.45, 2.75) is 5.16 Å². The molecule has 6 nitrogen and oxygen atoms in total. The maximum Gasteiger partial charge on any atom is 0.409 e. The second-order valence-electron chi connectivity index (χ2n) is 5.97. The van der Waals surface area contributed by atoms with E-state index in [1.807, 2.05) is 60.7 Å². The molecular weight excluding hydrogens is 360 g/mol. The zero-order chi connectivity index (χ0) is 18.5. The Hall–Kier alpha value is -2.93. The van der Waals surface area contributed by atoms with Crippen LogP contribution in [0.15, 0.2) is 65.8 Å². The minimum Gasteiger partial charge on any atom is -0.448 e. The van der Waals surface area contributed by atoms with E-state index in [1.54, 1.807) is 4.90 Å². The van der Waals surface area contributed by atoms with E-state index in [-0.39, 0.29) is 6.09 Å². The lowest BCUT2D eigenvalue weighted by molar-refractivity contribution is 0.160. The number of thioether (sulfide) groups is 1. The predicted molar refractivity (Wildman–Crippen MR) is 104 cm³/mol. The summed E-state index contributed by atoms with van der Waals surface area (Å²) in [5.74, 6) is 0.690. The number of hydrogen-bond acceptors (Lipinski definition) is 6. The van der Waals surface area contributed by atoms with Crippen LogP contribution in [0.5, 0.6) is 0 Å². The molecule has 0 N–H and O–H groups in total. The van der Waals surface area contributed by atoms with Crippen molar-refractivity contribution in [3.05, 3.63) is 60.7 Å². The van der Waals surface area contributed by atoms with Crippen LogP contribution in [0.25, 0.3) is 22.5 Å². The zero-order valence-corrected chi connectivity index (χ0v) is 15.4. The minimum atomic E-state index is -0.251. The van der Waals surface area contributed by atoms with Gasteiger partial charge in [-0.15, -0.1) is 10.2 Å². The molecule has 7 heteroatoms. The monoisotopic (exact) mass is 378 g/mol. The predicted octanol–water partition coefficient (Wildman–Crippen LogP) is 3.75. The van der Waals surface area contributed by atoms with Crippen LogP contribution in [0.4, 0.5) is 4.79 Å². The van der Waals surface area contributed by atoms with E-state index in [1.165, 1.54) is 11.8 Å². The number of benzene rings is 2. The van der Waals surface area contributed by atoms with Crippen LogP contribution >= 0.6 is 11.8 Å². The third-order valence-electron chi connectivity index (χ3n) is 4.20. The molecule has 3 aromatic rings. The first kappa shape index (κ1) is 17.5. The van der Waals surface area contributed by atoms with Crippen LogP contribution in [0.1, 0.15) is 0 Å². The van der Waals surface area contributed by atoms with Crippen LogP contribution in [0.2, 0.25) is 0 Å². The number of rotatable bonds is 6. The van der Waals surface area contributed by atoms with Gasteiger partial charge in [0.2, 0.25) is 5.16 Å². The van der Waals surface area contributed by atoms with Gasteiger partial charge < -0.3 is 9.64 Å². The summed E-state index contributed by atoms with van der Waals surface area (Å²) < 4.78 is 4.94. The Kier molecular flexibility index (Phi) is 5.29. The van der Waals surface area contributed by atoms with Crippen molar-refractivity contribution in [1.29, 1.82) is 0 Å². The molecule has 2 heterocycles. The highest BCUT2D eigenvalue weighted by atomic mass is 32.2. The van der Waals surface area contributed by atoms with E-state index in [4.69, 9.17) is 9.72 Å². The fraction of sp³-hybridized carbons (Fsp3) is 0.200. The van der Waals surface area contributed by atoms with Gasteiger partial charge in [0, 0.05) is 23.4 Å². The molecule has 4 rings (SSSR count). The second kappa shape index (κ2) is 8.18. The molecule has 136 valence electrons. The van der Waals surface area contributed by atoms with Gasteiger partial charge in [0.05, 0.1) is 6.54 Å². The number of carbonyl (C=O) groups excluding carboxylic acids is 1. The number of hydrogen-bond donors (Lipinski definition) is 0. The highest BCUT2D eigenvalue weighted by Crippen LogP contribution is 2.29. The molecule has 0 unspecified atom stereocenters. The number of amides is 1. The number of cyclic esters (lactones) is 1. The fourth-order valence-corrected chi connectivity index (χ4v) is 3.58. The van der Waals surface area contributed by atoms with E-state index in [0.717, 1.165) is 22.5 Å². The Bertz CT molecular complexity index is 922. The van der Waals surface area contributed by atoms with Crippen molar-refractivity contribution in [2.75, 3.05) is 25.4 Å². The smallest absolute Gasteiger partial charge is 0.409 e. The summed E-state index contributed by atoms with van der Waals surface area (Å²) in [4.78, 5) is 18.0. The Morgan fingerprint density at radius 3 is 2.22 bits per heavy atom. The molecule has 0 spiro atoms. The fourth-order valence-electron chi connectivity index (χ4n) is 2.84. The maximum atomic E-state index is 11.5. The minimum absolute atomic E-state index is 0.251. The first-order valence-electron chi connectivity index (χ1n) is 8.71. The van der Waals surface area contributed by atoms with Gasteiger partial charge in [-0.2, -0.15) is 0 Å². The van der Waals surface area contributed by atoms with Gasteiger partial charge in [0.15, 0.2) is 0 Å².